The molecule has 1 aromatic rings. The maximum Gasteiger partial charge on any atom is 0.326 e. The number of carboxylic acids is 1. The van der Waals surface area contributed by atoms with E-state index >= 15 is 0 Å². The minimum Gasteiger partial charge on any atom is -0.480 e. The number of nitrogens with one attached hydrogen (secondary N) is 1. The van der Waals surface area contributed by atoms with Gasteiger partial charge in [0.15, 0.2) is 5.13 Å². The molecule has 0 amide bonds. The van der Waals surface area contributed by atoms with Crippen molar-refractivity contribution < 1.29 is 14.6 Å². The second-order valence-corrected chi connectivity index (χ2v) is 6.45. The summed E-state index contributed by atoms with van der Waals surface area (Å²) >= 11 is 1.38. The molecule has 1 aliphatic rings. The maximum absolute atomic E-state index is 10.8. The molecule has 1 aliphatic carbocycles. The third-order valence-electron chi connectivity index (χ3n) is 3.95. The highest BCUT2D eigenvalue weighted by atomic mass is 32.1. The molecule has 3 unspecified atom stereocenters. The average Bonchev–Trinajstić information content (AvgIpc) is 2.85. The third kappa shape index (κ3) is 2.79. The van der Waals surface area contributed by atoms with Crippen LogP contribution in [-0.2, 0) is 9.53 Å². The summed E-state index contributed by atoms with van der Waals surface area (Å²) in [6, 6.07) is -0.786. The van der Waals surface area contributed by atoms with Gasteiger partial charge in [-0.3, -0.25) is 4.79 Å². The van der Waals surface area contributed by atoms with Gasteiger partial charge >= 0.3 is 5.97 Å². The van der Waals surface area contributed by atoms with Gasteiger partial charge in [0.25, 0.3) is 0 Å². The van der Waals surface area contributed by atoms with Crippen LogP contribution < -0.4 is 11.1 Å². The molecule has 1 aromatic heterocycles. The first-order valence-corrected chi connectivity index (χ1v) is 7.56. The number of anilines is 1. The lowest BCUT2D eigenvalue weighted by atomic mass is 9.64. The van der Waals surface area contributed by atoms with Gasteiger partial charge in [0.05, 0.1) is 11.8 Å². The van der Waals surface area contributed by atoms with Crippen LogP contribution in [0.1, 0.15) is 38.9 Å². The zero-order valence-electron chi connectivity index (χ0n) is 11.9. The van der Waals surface area contributed by atoms with E-state index in [4.69, 9.17) is 15.6 Å². The molecule has 0 bridgehead atoms. The Labute approximate surface area is 122 Å². The van der Waals surface area contributed by atoms with Crippen molar-refractivity contribution in [1.29, 1.82) is 0 Å². The fourth-order valence-corrected chi connectivity index (χ4v) is 3.19. The number of nitrogens with zero attached hydrogens (tertiary/aromatic N) is 1. The number of ether oxygens (including phenoxy) is 1. The quantitative estimate of drug-likeness (QED) is 0.741. The van der Waals surface area contributed by atoms with Crippen molar-refractivity contribution in [2.24, 2.45) is 11.1 Å². The molecule has 1 saturated carbocycles. The van der Waals surface area contributed by atoms with Crippen molar-refractivity contribution in [3.63, 3.8) is 0 Å². The van der Waals surface area contributed by atoms with Crippen LogP contribution in [0, 0.1) is 5.41 Å². The average molecular weight is 299 g/mol. The van der Waals surface area contributed by atoms with Crippen LogP contribution in [0.25, 0.3) is 0 Å². The monoisotopic (exact) mass is 299 g/mol. The number of hydrogen-bond acceptors (Lipinski definition) is 6. The topological polar surface area (TPSA) is 97.5 Å². The summed E-state index contributed by atoms with van der Waals surface area (Å²) in [5.74, 6) is -1.07. The van der Waals surface area contributed by atoms with Crippen molar-refractivity contribution >= 4 is 22.4 Å². The molecule has 0 saturated heterocycles. The number of carbonyl (C=O) groups is 1. The highest BCUT2D eigenvalue weighted by Gasteiger charge is 2.49. The molecule has 0 spiro atoms. The number of aromatic nitrogens is 1. The molecule has 0 aliphatic heterocycles. The summed E-state index contributed by atoms with van der Waals surface area (Å²) in [6.45, 7) is 7.03. The zero-order chi connectivity index (χ0) is 14.9. The smallest absolute Gasteiger partial charge is 0.326 e. The second kappa shape index (κ2) is 5.67. The third-order valence-corrected chi connectivity index (χ3v) is 4.74. The summed E-state index contributed by atoms with van der Waals surface area (Å²) < 4.78 is 5.68. The predicted molar refractivity (Wildman–Crippen MR) is 77.9 cm³/mol. The van der Waals surface area contributed by atoms with E-state index in [-0.39, 0.29) is 17.6 Å². The van der Waals surface area contributed by atoms with Crippen LogP contribution in [0.4, 0.5) is 5.13 Å². The highest BCUT2D eigenvalue weighted by molar-refractivity contribution is 7.13. The van der Waals surface area contributed by atoms with Crippen molar-refractivity contribution in [3.05, 3.63) is 11.1 Å². The van der Waals surface area contributed by atoms with E-state index in [1.165, 1.54) is 11.3 Å². The first-order valence-electron chi connectivity index (χ1n) is 6.68. The van der Waals surface area contributed by atoms with Gasteiger partial charge in [-0.2, -0.15) is 0 Å². The largest absolute Gasteiger partial charge is 0.480 e. The number of carboxylic acid groups (broad SMARTS) is 1. The van der Waals surface area contributed by atoms with Gasteiger partial charge in [0.1, 0.15) is 6.04 Å². The summed E-state index contributed by atoms with van der Waals surface area (Å²) in [5.41, 5.74) is 5.97. The van der Waals surface area contributed by atoms with E-state index in [1.54, 1.807) is 5.38 Å². The van der Waals surface area contributed by atoms with E-state index in [0.29, 0.717) is 10.8 Å². The van der Waals surface area contributed by atoms with Gasteiger partial charge in [0.2, 0.25) is 0 Å². The van der Waals surface area contributed by atoms with Gasteiger partial charge in [-0.1, -0.05) is 13.8 Å². The zero-order valence-corrected chi connectivity index (χ0v) is 12.7. The van der Waals surface area contributed by atoms with E-state index in [1.807, 2.05) is 6.92 Å². The fraction of sp³-hybridized carbons (Fsp3) is 0.692. The van der Waals surface area contributed by atoms with Crippen LogP contribution in [0.15, 0.2) is 5.38 Å². The molecular formula is C13H21N3O3S. The number of thiazole rings is 1. The molecule has 2 rings (SSSR count). The molecule has 1 fully saturated rings. The number of aliphatic carboxylic acids is 1. The normalized spacial score (nSPS) is 25.8. The highest BCUT2D eigenvalue weighted by Crippen LogP contribution is 2.44. The van der Waals surface area contributed by atoms with Crippen LogP contribution >= 0.6 is 11.3 Å². The SMILES string of the molecule is CCOC1CC(Nc2nc(C(N)C(=O)O)cs2)C1(C)C. The molecule has 112 valence electrons. The van der Waals surface area contributed by atoms with Crippen molar-refractivity contribution in [2.75, 3.05) is 11.9 Å². The first kappa shape index (κ1) is 15.2. The van der Waals surface area contributed by atoms with Gasteiger partial charge < -0.3 is 20.9 Å². The molecule has 1 heterocycles. The van der Waals surface area contributed by atoms with Crippen LogP contribution in [0.2, 0.25) is 0 Å². The Morgan fingerprint density at radius 3 is 3.00 bits per heavy atom. The Kier molecular flexibility index (Phi) is 4.31. The Hall–Kier alpha value is -1.18. The van der Waals surface area contributed by atoms with Crippen molar-refractivity contribution in [1.82, 2.24) is 4.98 Å². The Bertz CT molecular complexity index is 489. The lowest BCUT2D eigenvalue weighted by molar-refractivity contribution is -0.138. The maximum atomic E-state index is 10.8. The summed E-state index contributed by atoms with van der Waals surface area (Å²) in [6.07, 6.45) is 1.19. The Morgan fingerprint density at radius 1 is 1.75 bits per heavy atom. The minimum atomic E-state index is -1.07. The molecule has 7 heteroatoms. The summed E-state index contributed by atoms with van der Waals surface area (Å²) in [7, 11) is 0. The van der Waals surface area contributed by atoms with E-state index < -0.39 is 12.0 Å². The molecule has 3 atom stereocenters. The van der Waals surface area contributed by atoms with E-state index in [0.717, 1.165) is 13.0 Å². The molecule has 6 nitrogen and oxygen atoms in total. The van der Waals surface area contributed by atoms with Crippen molar-refractivity contribution in [2.45, 2.75) is 45.4 Å². The minimum absolute atomic E-state index is 0.0384. The lowest BCUT2D eigenvalue weighted by Gasteiger charge is -2.51. The second-order valence-electron chi connectivity index (χ2n) is 5.59. The van der Waals surface area contributed by atoms with E-state index in [9.17, 15) is 4.79 Å². The molecule has 0 aromatic carbocycles. The molecule has 20 heavy (non-hydrogen) atoms. The molecule has 0 radical (unpaired) electrons. The number of hydrogen-bond donors (Lipinski definition) is 3. The lowest BCUT2D eigenvalue weighted by Crippen LogP contribution is -2.58. The summed E-state index contributed by atoms with van der Waals surface area (Å²) in [4.78, 5) is 15.1. The first-order chi connectivity index (χ1) is 9.36. The van der Waals surface area contributed by atoms with Crippen LogP contribution in [-0.4, -0.2) is 34.8 Å². The summed E-state index contributed by atoms with van der Waals surface area (Å²) in [5, 5.41) is 14.6. The number of rotatable bonds is 6. The molecular weight excluding hydrogens is 278 g/mol. The Morgan fingerprint density at radius 2 is 2.45 bits per heavy atom. The standard InChI is InChI=1S/C13H21N3O3S/c1-4-19-9-5-8(13(9,2)3)16-12-15-7(6-20-12)10(14)11(17)18/h6,8-10H,4-5,14H2,1-3H3,(H,15,16)(H,17,18). The van der Waals surface area contributed by atoms with Gasteiger partial charge in [0, 0.05) is 23.4 Å². The van der Waals surface area contributed by atoms with Crippen LogP contribution in [0.3, 0.4) is 0 Å². The number of nitrogens with two attached hydrogens (primary N) is 1. The molecule has 4 N–H and O–H groups in total. The Balaban J connectivity index is 1.97. The van der Waals surface area contributed by atoms with E-state index in [2.05, 4.69) is 24.1 Å². The fourth-order valence-electron chi connectivity index (χ4n) is 2.39. The van der Waals surface area contributed by atoms with Crippen molar-refractivity contribution in [3.8, 4) is 0 Å². The van der Waals surface area contributed by atoms with Gasteiger partial charge in [-0.15, -0.1) is 11.3 Å². The van der Waals surface area contributed by atoms with Gasteiger partial charge in [-0.25, -0.2) is 4.98 Å². The predicted octanol–water partition coefficient (Wildman–Crippen LogP) is 1.84. The van der Waals surface area contributed by atoms with Gasteiger partial charge in [-0.05, 0) is 13.3 Å². The van der Waals surface area contributed by atoms with Crippen LogP contribution in [0.5, 0.6) is 0 Å².